The van der Waals surface area contributed by atoms with Crippen molar-refractivity contribution < 1.29 is 18.7 Å². The summed E-state index contributed by atoms with van der Waals surface area (Å²) in [4.78, 5) is 12.8. The highest BCUT2D eigenvalue weighted by molar-refractivity contribution is 7.14. The molecular weight excluding hydrogens is 296 g/mol. The van der Waals surface area contributed by atoms with E-state index in [1.807, 2.05) is 0 Å². The van der Waals surface area contributed by atoms with E-state index in [0.29, 0.717) is 4.88 Å². The number of hydrogen-bond donors (Lipinski definition) is 2. The van der Waals surface area contributed by atoms with E-state index in [2.05, 4.69) is 17.2 Å². The summed E-state index contributed by atoms with van der Waals surface area (Å²) in [7, 11) is 0. The van der Waals surface area contributed by atoms with Crippen LogP contribution in [0, 0.1) is 30.4 Å². The number of aryl methyl sites for hydroxylation is 1. The SMILES string of the molecule is Cc1ccc(F)c(NC(=O)c2ccc(C#CCO)s2)c1F. The van der Waals surface area contributed by atoms with Gasteiger partial charge in [0.25, 0.3) is 5.91 Å². The minimum atomic E-state index is -0.830. The zero-order valence-corrected chi connectivity index (χ0v) is 11.9. The monoisotopic (exact) mass is 307 g/mol. The Hall–Kier alpha value is -2.23. The quantitative estimate of drug-likeness (QED) is 0.838. The molecule has 1 aromatic carbocycles. The van der Waals surface area contributed by atoms with Crippen LogP contribution in [-0.2, 0) is 0 Å². The number of aliphatic hydroxyl groups excluding tert-OH is 1. The summed E-state index contributed by atoms with van der Waals surface area (Å²) in [5.74, 6) is 2.88. The lowest BCUT2D eigenvalue weighted by Gasteiger charge is -2.08. The van der Waals surface area contributed by atoms with Gasteiger partial charge in [0.15, 0.2) is 5.82 Å². The molecular formula is C15H11F2NO2S. The minimum Gasteiger partial charge on any atom is -0.384 e. The van der Waals surface area contributed by atoms with Crippen LogP contribution >= 0.6 is 11.3 Å². The first-order chi connectivity index (χ1) is 10.0. The van der Waals surface area contributed by atoms with Crippen molar-refractivity contribution in [3.8, 4) is 11.8 Å². The van der Waals surface area contributed by atoms with Crippen LogP contribution in [0.1, 0.15) is 20.1 Å². The summed E-state index contributed by atoms with van der Waals surface area (Å²) in [6.45, 7) is 1.21. The number of halogens is 2. The summed E-state index contributed by atoms with van der Waals surface area (Å²) in [5, 5.41) is 10.8. The van der Waals surface area contributed by atoms with Crippen molar-refractivity contribution >= 4 is 22.9 Å². The van der Waals surface area contributed by atoms with Gasteiger partial charge in [-0.2, -0.15) is 0 Å². The molecule has 1 heterocycles. The molecule has 0 bridgehead atoms. The highest BCUT2D eigenvalue weighted by Gasteiger charge is 2.16. The van der Waals surface area contributed by atoms with Crippen molar-refractivity contribution in [1.29, 1.82) is 0 Å². The molecule has 3 nitrogen and oxygen atoms in total. The summed E-state index contributed by atoms with van der Waals surface area (Å²) in [6.07, 6.45) is 0. The number of hydrogen-bond acceptors (Lipinski definition) is 3. The van der Waals surface area contributed by atoms with Gasteiger partial charge >= 0.3 is 0 Å². The Bertz CT molecular complexity index is 744. The summed E-state index contributed by atoms with van der Waals surface area (Å²) < 4.78 is 27.4. The first kappa shape index (κ1) is 15.2. The third-order valence-electron chi connectivity index (χ3n) is 2.64. The lowest BCUT2D eigenvalue weighted by atomic mass is 10.2. The fourth-order valence-electron chi connectivity index (χ4n) is 1.60. The van der Waals surface area contributed by atoms with Gasteiger partial charge in [-0.05, 0) is 30.7 Å². The van der Waals surface area contributed by atoms with Gasteiger partial charge in [0.05, 0.1) is 9.75 Å². The second-order valence-electron chi connectivity index (χ2n) is 4.13. The fraction of sp³-hybridized carbons (Fsp3) is 0.133. The molecule has 0 fully saturated rings. The van der Waals surface area contributed by atoms with Gasteiger partial charge in [-0.15, -0.1) is 11.3 Å². The smallest absolute Gasteiger partial charge is 0.265 e. The molecule has 0 aliphatic rings. The Labute approximate surface area is 124 Å². The molecule has 0 saturated heterocycles. The van der Waals surface area contributed by atoms with Crippen molar-refractivity contribution in [3.63, 3.8) is 0 Å². The molecule has 0 saturated carbocycles. The molecule has 1 amide bonds. The predicted molar refractivity (Wildman–Crippen MR) is 77.3 cm³/mol. The van der Waals surface area contributed by atoms with Gasteiger partial charge in [0.2, 0.25) is 0 Å². The van der Waals surface area contributed by atoms with E-state index in [-0.39, 0.29) is 17.0 Å². The van der Waals surface area contributed by atoms with Crippen molar-refractivity contribution in [3.05, 3.63) is 51.2 Å². The Kier molecular flexibility index (Phi) is 4.68. The molecule has 0 spiro atoms. The Morgan fingerprint density at radius 3 is 2.81 bits per heavy atom. The predicted octanol–water partition coefficient (Wildman–Crippen LogP) is 2.93. The van der Waals surface area contributed by atoms with Crippen LogP contribution in [0.5, 0.6) is 0 Å². The van der Waals surface area contributed by atoms with E-state index in [0.717, 1.165) is 17.4 Å². The first-order valence-electron chi connectivity index (χ1n) is 5.98. The highest BCUT2D eigenvalue weighted by atomic mass is 32.1. The van der Waals surface area contributed by atoms with Crippen LogP contribution in [0.2, 0.25) is 0 Å². The lowest BCUT2D eigenvalue weighted by Crippen LogP contribution is -2.13. The van der Waals surface area contributed by atoms with Gasteiger partial charge in [-0.1, -0.05) is 17.9 Å². The van der Waals surface area contributed by atoms with Gasteiger partial charge in [-0.25, -0.2) is 8.78 Å². The van der Waals surface area contributed by atoms with Gasteiger partial charge in [-0.3, -0.25) is 4.79 Å². The Balaban J connectivity index is 2.22. The number of anilines is 1. The second kappa shape index (κ2) is 6.48. The Morgan fingerprint density at radius 2 is 2.10 bits per heavy atom. The molecule has 6 heteroatoms. The van der Waals surface area contributed by atoms with E-state index < -0.39 is 23.2 Å². The number of amides is 1. The number of rotatable bonds is 2. The second-order valence-corrected chi connectivity index (χ2v) is 5.21. The summed E-state index contributed by atoms with van der Waals surface area (Å²) in [5.41, 5.74) is -0.219. The van der Waals surface area contributed by atoms with E-state index in [1.54, 1.807) is 6.07 Å². The first-order valence-corrected chi connectivity index (χ1v) is 6.80. The number of aliphatic hydroxyl groups is 1. The minimum absolute atomic E-state index is 0.243. The molecule has 0 aliphatic heterocycles. The third kappa shape index (κ3) is 3.45. The highest BCUT2D eigenvalue weighted by Crippen LogP contribution is 2.23. The van der Waals surface area contributed by atoms with Crippen molar-refractivity contribution in [1.82, 2.24) is 0 Å². The van der Waals surface area contributed by atoms with E-state index >= 15 is 0 Å². The van der Waals surface area contributed by atoms with Crippen LogP contribution in [0.3, 0.4) is 0 Å². The number of nitrogens with one attached hydrogen (secondary N) is 1. The van der Waals surface area contributed by atoms with E-state index in [4.69, 9.17) is 5.11 Å². The van der Waals surface area contributed by atoms with E-state index in [1.165, 1.54) is 19.1 Å². The topological polar surface area (TPSA) is 49.3 Å². The van der Waals surface area contributed by atoms with Gasteiger partial charge in [0, 0.05) is 0 Å². The zero-order valence-electron chi connectivity index (χ0n) is 11.0. The maximum absolute atomic E-state index is 13.8. The zero-order chi connectivity index (χ0) is 15.4. The van der Waals surface area contributed by atoms with Crippen LogP contribution in [0.15, 0.2) is 24.3 Å². The van der Waals surface area contributed by atoms with Crippen LogP contribution in [0.25, 0.3) is 0 Å². The molecule has 1 aromatic heterocycles. The standard InChI is InChI=1S/C15H11F2NO2S/c1-9-4-6-11(16)14(13(9)17)18-15(20)12-7-5-10(21-12)3-2-8-19/h4-7,19H,8H2,1H3,(H,18,20). The van der Waals surface area contributed by atoms with Gasteiger partial charge in [0.1, 0.15) is 18.1 Å². The van der Waals surface area contributed by atoms with Crippen LogP contribution in [0.4, 0.5) is 14.5 Å². The summed E-state index contributed by atoms with van der Waals surface area (Å²) >= 11 is 1.07. The summed E-state index contributed by atoms with van der Waals surface area (Å²) in [6, 6.07) is 5.51. The molecule has 108 valence electrons. The number of benzene rings is 1. The maximum Gasteiger partial charge on any atom is 0.265 e. The maximum atomic E-state index is 13.8. The average molecular weight is 307 g/mol. The van der Waals surface area contributed by atoms with Crippen LogP contribution in [-0.4, -0.2) is 17.6 Å². The normalized spacial score (nSPS) is 9.90. The third-order valence-corrected chi connectivity index (χ3v) is 3.64. The average Bonchev–Trinajstić information content (AvgIpc) is 2.94. The molecule has 2 N–H and O–H groups in total. The molecule has 0 aliphatic carbocycles. The van der Waals surface area contributed by atoms with Gasteiger partial charge < -0.3 is 10.4 Å². The molecule has 0 unspecified atom stereocenters. The number of carbonyl (C=O) groups is 1. The Morgan fingerprint density at radius 1 is 1.33 bits per heavy atom. The number of carbonyl (C=O) groups excluding carboxylic acids is 1. The molecule has 2 aromatic rings. The lowest BCUT2D eigenvalue weighted by molar-refractivity contribution is 0.102. The van der Waals surface area contributed by atoms with Crippen molar-refractivity contribution in [2.24, 2.45) is 0 Å². The van der Waals surface area contributed by atoms with Crippen LogP contribution < -0.4 is 5.32 Å². The fourth-order valence-corrected chi connectivity index (χ4v) is 2.38. The molecule has 21 heavy (non-hydrogen) atoms. The van der Waals surface area contributed by atoms with Crippen molar-refractivity contribution in [2.75, 3.05) is 11.9 Å². The number of thiophene rings is 1. The largest absolute Gasteiger partial charge is 0.384 e. The van der Waals surface area contributed by atoms with E-state index in [9.17, 15) is 13.6 Å². The molecule has 0 atom stereocenters. The molecule has 0 radical (unpaired) electrons. The van der Waals surface area contributed by atoms with Crippen molar-refractivity contribution in [2.45, 2.75) is 6.92 Å². The molecule has 2 rings (SSSR count).